The van der Waals surface area contributed by atoms with Gasteiger partial charge < -0.3 is 18.9 Å². The number of esters is 2. The third-order valence-electron chi connectivity index (χ3n) is 11.6. The van der Waals surface area contributed by atoms with Gasteiger partial charge in [0.05, 0.1) is 0 Å². The first-order valence-corrected chi connectivity index (χ1v) is 19.7. The Bertz CT molecular complexity index is 1770. The molecule has 0 radical (unpaired) electrons. The Morgan fingerprint density at radius 2 is 1.00 bits per heavy atom. The maximum Gasteiger partial charge on any atom is 0.411 e. The molecule has 6 atom stereocenters. The van der Waals surface area contributed by atoms with Crippen molar-refractivity contribution in [3.8, 4) is 11.1 Å². The number of Topliss-reactive ketones (excluding diaryl/α,β-unsaturated/α-hetero) is 2. The van der Waals surface area contributed by atoms with E-state index < -0.39 is 60.6 Å². The SMILES string of the molecule is CC(C)(C)OC(=O)N1[C@@H]2CCC[C@@H]2C[C@H]1C(=O)OCC(=O)c1ccc2c(c1)Cc1cc(C(=O)COC(=O)[C@@H]3C[C@@H]4CCC[C@@H]4N3C(=O)OC(C)(C)C)ccc1-2. The van der Waals surface area contributed by atoms with Crippen molar-refractivity contribution in [2.75, 3.05) is 13.2 Å². The minimum atomic E-state index is -0.790. The Morgan fingerprint density at radius 3 is 1.38 bits per heavy atom. The van der Waals surface area contributed by atoms with E-state index in [0.717, 1.165) is 60.8 Å². The van der Waals surface area contributed by atoms with Crippen molar-refractivity contribution in [1.82, 2.24) is 9.80 Å². The zero-order chi connectivity index (χ0) is 39.4. The van der Waals surface area contributed by atoms with E-state index in [1.165, 1.54) is 9.80 Å². The van der Waals surface area contributed by atoms with Gasteiger partial charge in [0.2, 0.25) is 0 Å². The number of amides is 2. The lowest BCUT2D eigenvalue weighted by Gasteiger charge is -2.31. The number of carbonyl (C=O) groups is 6. The number of ether oxygens (including phenoxy) is 4. The lowest BCUT2D eigenvalue weighted by Crippen LogP contribution is -2.47. The van der Waals surface area contributed by atoms with Gasteiger partial charge in [-0.2, -0.15) is 0 Å². The Labute approximate surface area is 322 Å². The maximum absolute atomic E-state index is 13.3. The summed E-state index contributed by atoms with van der Waals surface area (Å²) in [6, 6.07) is 8.97. The van der Waals surface area contributed by atoms with Crippen molar-refractivity contribution in [3.63, 3.8) is 0 Å². The number of hydrogen-bond acceptors (Lipinski definition) is 10. The molecule has 5 aliphatic rings. The van der Waals surface area contributed by atoms with Crippen molar-refractivity contribution < 1.29 is 47.7 Å². The topological polar surface area (TPSA) is 146 Å². The third kappa shape index (κ3) is 8.00. The highest BCUT2D eigenvalue weighted by molar-refractivity contribution is 6.01. The Balaban J connectivity index is 0.946. The second-order valence-corrected chi connectivity index (χ2v) is 17.8. The van der Waals surface area contributed by atoms with Gasteiger partial charge in [-0.05, 0) is 133 Å². The van der Waals surface area contributed by atoms with Crippen LogP contribution in [0.3, 0.4) is 0 Å². The molecular weight excluding hydrogens is 704 g/mol. The van der Waals surface area contributed by atoms with E-state index in [1.807, 2.05) is 12.1 Å². The van der Waals surface area contributed by atoms with Crippen molar-refractivity contribution >= 4 is 35.7 Å². The third-order valence-corrected chi connectivity index (χ3v) is 11.6. The summed E-state index contributed by atoms with van der Waals surface area (Å²) in [5, 5.41) is 0. The van der Waals surface area contributed by atoms with Crippen LogP contribution in [-0.2, 0) is 35.0 Å². The molecule has 7 rings (SSSR count). The highest BCUT2D eigenvalue weighted by atomic mass is 16.6. The predicted octanol–water partition coefficient (Wildman–Crippen LogP) is 7.07. The van der Waals surface area contributed by atoms with Crippen molar-refractivity contribution in [3.05, 3.63) is 58.7 Å². The molecular formula is C43H52N2O10. The van der Waals surface area contributed by atoms with E-state index >= 15 is 0 Å². The Morgan fingerprint density at radius 1 is 0.600 bits per heavy atom. The number of carbonyl (C=O) groups excluding carboxylic acids is 6. The first-order chi connectivity index (χ1) is 26.0. The number of benzene rings is 2. The summed E-state index contributed by atoms with van der Waals surface area (Å²) in [6.45, 7) is 9.83. The van der Waals surface area contributed by atoms with Gasteiger partial charge in [-0.3, -0.25) is 19.4 Å². The molecule has 294 valence electrons. The molecule has 55 heavy (non-hydrogen) atoms. The fourth-order valence-corrected chi connectivity index (χ4v) is 9.34. The quantitative estimate of drug-likeness (QED) is 0.133. The number of rotatable bonds is 8. The van der Waals surface area contributed by atoms with Crippen LogP contribution in [0, 0.1) is 11.8 Å². The monoisotopic (exact) mass is 756 g/mol. The molecule has 0 spiro atoms. The van der Waals surface area contributed by atoms with Gasteiger partial charge in [0.15, 0.2) is 24.8 Å². The molecule has 2 aromatic rings. The van der Waals surface area contributed by atoms with E-state index in [2.05, 4.69) is 0 Å². The van der Waals surface area contributed by atoms with E-state index in [0.29, 0.717) is 30.4 Å². The number of hydrogen-bond donors (Lipinski definition) is 0. The average molecular weight is 757 g/mol. The number of ketones is 2. The molecule has 2 saturated carbocycles. The normalized spacial score (nSPS) is 25.1. The van der Waals surface area contributed by atoms with Gasteiger partial charge in [0, 0.05) is 23.2 Å². The summed E-state index contributed by atoms with van der Waals surface area (Å²) < 4.78 is 22.3. The molecule has 2 aliphatic heterocycles. The summed E-state index contributed by atoms with van der Waals surface area (Å²) in [7, 11) is 0. The van der Waals surface area contributed by atoms with Crippen LogP contribution in [0.4, 0.5) is 9.59 Å². The van der Waals surface area contributed by atoms with Gasteiger partial charge in [0.25, 0.3) is 0 Å². The second-order valence-electron chi connectivity index (χ2n) is 17.8. The lowest BCUT2D eigenvalue weighted by molar-refractivity contribution is -0.148. The van der Waals surface area contributed by atoms with Crippen LogP contribution in [-0.4, -0.2) is 94.1 Å². The van der Waals surface area contributed by atoms with Crippen LogP contribution in [0.15, 0.2) is 36.4 Å². The average Bonchev–Trinajstić information content (AvgIpc) is 3.92. The molecule has 2 saturated heterocycles. The summed E-state index contributed by atoms with van der Waals surface area (Å²) in [6.07, 6.45) is 5.88. The van der Waals surface area contributed by atoms with Crippen LogP contribution in [0.1, 0.15) is 125 Å². The van der Waals surface area contributed by atoms with Crippen LogP contribution in [0.2, 0.25) is 0 Å². The first-order valence-electron chi connectivity index (χ1n) is 19.7. The minimum absolute atomic E-state index is 0.0688. The fourth-order valence-electron chi connectivity index (χ4n) is 9.34. The van der Waals surface area contributed by atoms with Crippen molar-refractivity contribution in [1.29, 1.82) is 0 Å². The predicted molar refractivity (Wildman–Crippen MR) is 200 cm³/mol. The molecule has 0 N–H and O–H groups in total. The summed E-state index contributed by atoms with van der Waals surface area (Å²) in [5.41, 5.74) is 3.05. The number of fused-ring (bicyclic) bond motifs is 5. The molecule has 2 amide bonds. The number of likely N-dealkylation sites (tertiary alicyclic amines) is 2. The maximum atomic E-state index is 13.3. The Kier molecular flexibility index (Phi) is 10.3. The summed E-state index contributed by atoms with van der Waals surface area (Å²) in [4.78, 5) is 82.5. The van der Waals surface area contributed by atoms with Gasteiger partial charge in [-0.25, -0.2) is 19.2 Å². The van der Waals surface area contributed by atoms with Gasteiger partial charge in [-0.1, -0.05) is 37.1 Å². The molecule has 0 unspecified atom stereocenters. The second kappa shape index (κ2) is 14.7. The van der Waals surface area contributed by atoms with Gasteiger partial charge in [0.1, 0.15) is 23.3 Å². The van der Waals surface area contributed by atoms with Crippen LogP contribution in [0.5, 0.6) is 0 Å². The molecule has 0 bridgehead atoms. The van der Waals surface area contributed by atoms with Crippen LogP contribution < -0.4 is 0 Å². The molecule has 12 nitrogen and oxygen atoms in total. The zero-order valence-corrected chi connectivity index (χ0v) is 32.7. The molecule has 0 aromatic heterocycles. The zero-order valence-electron chi connectivity index (χ0n) is 32.7. The lowest BCUT2D eigenvalue weighted by atomic mass is 10.0. The van der Waals surface area contributed by atoms with E-state index in [9.17, 15) is 28.8 Å². The van der Waals surface area contributed by atoms with Gasteiger partial charge >= 0.3 is 24.1 Å². The first kappa shape index (κ1) is 38.5. The van der Waals surface area contributed by atoms with Crippen LogP contribution in [0.25, 0.3) is 11.1 Å². The highest BCUT2D eigenvalue weighted by Crippen LogP contribution is 2.44. The summed E-state index contributed by atoms with van der Waals surface area (Å²) in [5.74, 6) is -1.50. The minimum Gasteiger partial charge on any atom is -0.456 e. The summed E-state index contributed by atoms with van der Waals surface area (Å²) >= 11 is 0. The van der Waals surface area contributed by atoms with E-state index in [4.69, 9.17) is 18.9 Å². The molecule has 2 heterocycles. The smallest absolute Gasteiger partial charge is 0.411 e. The molecule has 3 aliphatic carbocycles. The van der Waals surface area contributed by atoms with E-state index in [-0.39, 0.29) is 35.5 Å². The number of nitrogens with zero attached hydrogens (tertiary/aromatic N) is 2. The van der Waals surface area contributed by atoms with Gasteiger partial charge in [-0.15, -0.1) is 0 Å². The van der Waals surface area contributed by atoms with Crippen molar-refractivity contribution in [2.45, 2.75) is 135 Å². The largest absolute Gasteiger partial charge is 0.456 e. The molecule has 4 fully saturated rings. The fraction of sp³-hybridized carbons (Fsp3) is 0.581. The standard InChI is InChI=1S/C43H52N2O10/c1-42(2,3)54-40(50)44-32-11-7-9-24(32)20-34(44)38(48)52-22-36(46)26-13-15-30-28(17-26)19-29-18-27(14-16-31(29)30)37(47)23-53-39(49)35-21-25-10-8-12-33(25)45(35)41(51)55-43(4,5)6/h13-18,24-25,32-35H,7-12,19-23H2,1-6H3/t24-,25+,32-,33+,34-,35-/m0/s1. The molecule has 12 heteroatoms. The highest BCUT2D eigenvalue weighted by Gasteiger charge is 2.52. The van der Waals surface area contributed by atoms with Crippen LogP contribution >= 0.6 is 0 Å². The Hall–Kier alpha value is -4.74. The molecule has 2 aromatic carbocycles. The van der Waals surface area contributed by atoms with Crippen molar-refractivity contribution in [2.24, 2.45) is 11.8 Å². The van der Waals surface area contributed by atoms with E-state index in [1.54, 1.807) is 65.8 Å².